The summed E-state index contributed by atoms with van der Waals surface area (Å²) in [5.74, 6) is 2.64. The van der Waals surface area contributed by atoms with Crippen LogP contribution in [0.3, 0.4) is 0 Å². The lowest BCUT2D eigenvalue weighted by molar-refractivity contribution is 0.311. The highest BCUT2D eigenvalue weighted by Gasteiger charge is 2.07. The van der Waals surface area contributed by atoms with E-state index in [1.54, 1.807) is 20.4 Å². The Balaban J connectivity index is 0.00000364. The van der Waals surface area contributed by atoms with E-state index in [4.69, 9.17) is 14.2 Å². The first kappa shape index (κ1) is 22.8. The van der Waals surface area contributed by atoms with Gasteiger partial charge in [-0.25, -0.2) is 9.98 Å². The molecule has 0 spiro atoms. The number of anilines is 1. The van der Waals surface area contributed by atoms with E-state index in [9.17, 15) is 0 Å². The monoisotopic (exact) mass is 486 g/mol. The van der Waals surface area contributed by atoms with Gasteiger partial charge in [-0.2, -0.15) is 0 Å². The maximum atomic E-state index is 5.55. The average molecular weight is 486 g/mol. The predicted octanol–water partition coefficient (Wildman–Crippen LogP) is 3.69. The number of ether oxygens (including phenoxy) is 3. The van der Waals surface area contributed by atoms with Crippen LogP contribution in [0.2, 0.25) is 0 Å². The Morgan fingerprint density at radius 1 is 1.07 bits per heavy atom. The smallest absolute Gasteiger partial charge is 0.213 e. The molecule has 1 aromatic carbocycles. The summed E-state index contributed by atoms with van der Waals surface area (Å²) in [5.41, 5.74) is 1.87. The van der Waals surface area contributed by atoms with Crippen molar-refractivity contribution >= 4 is 35.6 Å². The molecule has 2 rings (SSSR count). The molecule has 7 nitrogen and oxygen atoms in total. The van der Waals surface area contributed by atoms with Gasteiger partial charge in [0.2, 0.25) is 5.88 Å². The number of pyridine rings is 1. The van der Waals surface area contributed by atoms with Crippen molar-refractivity contribution in [3.8, 4) is 17.4 Å². The molecule has 0 aliphatic carbocycles. The van der Waals surface area contributed by atoms with E-state index in [0.29, 0.717) is 36.5 Å². The standard InChI is InChI=1S/C19H26N4O3.HI/c1-5-20-19(22-13-14-9-10-21-18(11-14)25-4)23-15-7-8-16(26-6-2)17(12-15)24-3;/h7-12H,5-6,13H2,1-4H3,(H2,20,22,23);1H. The summed E-state index contributed by atoms with van der Waals surface area (Å²) in [6.45, 7) is 5.80. The number of benzene rings is 1. The van der Waals surface area contributed by atoms with Gasteiger partial charge in [0.1, 0.15) is 0 Å². The van der Waals surface area contributed by atoms with Gasteiger partial charge in [0.05, 0.1) is 27.4 Å². The van der Waals surface area contributed by atoms with Crippen molar-refractivity contribution < 1.29 is 14.2 Å². The molecule has 27 heavy (non-hydrogen) atoms. The van der Waals surface area contributed by atoms with Crippen LogP contribution in [0.15, 0.2) is 41.5 Å². The molecule has 1 heterocycles. The molecule has 0 saturated carbocycles. The maximum Gasteiger partial charge on any atom is 0.213 e. The minimum Gasteiger partial charge on any atom is -0.493 e. The number of rotatable bonds is 8. The minimum absolute atomic E-state index is 0. The van der Waals surface area contributed by atoms with Crippen molar-refractivity contribution in [2.75, 3.05) is 32.7 Å². The Kier molecular flexibility index (Phi) is 10.3. The number of hydrogen-bond donors (Lipinski definition) is 2. The molecule has 0 atom stereocenters. The topological polar surface area (TPSA) is 77.0 Å². The van der Waals surface area contributed by atoms with E-state index < -0.39 is 0 Å². The molecular formula is C19H27IN4O3. The van der Waals surface area contributed by atoms with Crippen LogP contribution in [0.4, 0.5) is 5.69 Å². The van der Waals surface area contributed by atoms with Crippen LogP contribution >= 0.6 is 24.0 Å². The summed E-state index contributed by atoms with van der Waals surface area (Å²) < 4.78 is 16.1. The third kappa shape index (κ3) is 7.12. The molecule has 1 aromatic heterocycles. The first-order valence-corrected chi connectivity index (χ1v) is 8.55. The largest absolute Gasteiger partial charge is 0.493 e. The quantitative estimate of drug-likeness (QED) is 0.337. The third-order valence-electron chi connectivity index (χ3n) is 3.50. The molecule has 0 aliphatic rings. The second-order valence-electron chi connectivity index (χ2n) is 5.33. The molecule has 0 fully saturated rings. The van der Waals surface area contributed by atoms with E-state index in [2.05, 4.69) is 20.6 Å². The van der Waals surface area contributed by atoms with Gasteiger partial charge in [-0.3, -0.25) is 0 Å². The van der Waals surface area contributed by atoms with E-state index in [-0.39, 0.29) is 24.0 Å². The Hall–Kier alpha value is -2.23. The Morgan fingerprint density at radius 2 is 1.89 bits per heavy atom. The van der Waals surface area contributed by atoms with Crippen LogP contribution < -0.4 is 24.8 Å². The molecule has 0 aliphatic heterocycles. The van der Waals surface area contributed by atoms with Crippen LogP contribution in [-0.4, -0.2) is 38.3 Å². The Morgan fingerprint density at radius 3 is 2.56 bits per heavy atom. The van der Waals surface area contributed by atoms with Crippen LogP contribution in [0.25, 0.3) is 0 Å². The lowest BCUT2D eigenvalue weighted by atomic mass is 10.2. The highest BCUT2D eigenvalue weighted by atomic mass is 127. The summed E-state index contributed by atoms with van der Waals surface area (Å²) >= 11 is 0. The molecule has 0 radical (unpaired) electrons. The lowest BCUT2D eigenvalue weighted by Crippen LogP contribution is -2.30. The highest BCUT2D eigenvalue weighted by Crippen LogP contribution is 2.30. The number of nitrogens with zero attached hydrogens (tertiary/aromatic N) is 2. The number of guanidine groups is 1. The number of aliphatic imine (C=N–C) groups is 1. The second-order valence-corrected chi connectivity index (χ2v) is 5.33. The zero-order chi connectivity index (χ0) is 18.8. The average Bonchev–Trinajstić information content (AvgIpc) is 2.67. The number of halogens is 1. The fraction of sp³-hybridized carbons (Fsp3) is 0.368. The van der Waals surface area contributed by atoms with Gasteiger partial charge in [0.25, 0.3) is 0 Å². The molecule has 2 N–H and O–H groups in total. The van der Waals surface area contributed by atoms with Gasteiger partial charge in [0.15, 0.2) is 17.5 Å². The van der Waals surface area contributed by atoms with Crippen molar-refractivity contribution in [2.24, 2.45) is 4.99 Å². The molecule has 2 aromatic rings. The highest BCUT2D eigenvalue weighted by molar-refractivity contribution is 14.0. The van der Waals surface area contributed by atoms with Crippen LogP contribution in [0, 0.1) is 0 Å². The Bertz CT molecular complexity index is 741. The first-order valence-electron chi connectivity index (χ1n) is 8.55. The zero-order valence-corrected chi connectivity index (χ0v) is 18.4. The maximum absolute atomic E-state index is 5.55. The minimum atomic E-state index is 0. The van der Waals surface area contributed by atoms with E-state index >= 15 is 0 Å². The van der Waals surface area contributed by atoms with Gasteiger partial charge < -0.3 is 24.8 Å². The lowest BCUT2D eigenvalue weighted by Gasteiger charge is -2.14. The molecule has 0 unspecified atom stereocenters. The molecule has 148 valence electrons. The normalized spacial score (nSPS) is 10.6. The fourth-order valence-corrected chi connectivity index (χ4v) is 2.29. The SMILES string of the molecule is CCNC(=NCc1ccnc(OC)c1)Nc1ccc(OCC)c(OC)c1.I. The van der Waals surface area contributed by atoms with Crippen molar-refractivity contribution in [3.63, 3.8) is 0 Å². The zero-order valence-electron chi connectivity index (χ0n) is 16.1. The van der Waals surface area contributed by atoms with Crippen molar-refractivity contribution in [3.05, 3.63) is 42.1 Å². The molecule has 0 saturated heterocycles. The number of hydrogen-bond acceptors (Lipinski definition) is 5. The molecule has 0 bridgehead atoms. The molecule has 8 heteroatoms. The second kappa shape index (κ2) is 12.2. The van der Waals surface area contributed by atoms with Gasteiger partial charge >= 0.3 is 0 Å². The van der Waals surface area contributed by atoms with E-state index in [0.717, 1.165) is 17.8 Å². The predicted molar refractivity (Wildman–Crippen MR) is 119 cm³/mol. The van der Waals surface area contributed by atoms with E-state index in [1.807, 2.05) is 44.2 Å². The summed E-state index contributed by atoms with van der Waals surface area (Å²) in [7, 11) is 3.22. The van der Waals surface area contributed by atoms with Crippen molar-refractivity contribution in [1.82, 2.24) is 10.3 Å². The van der Waals surface area contributed by atoms with E-state index in [1.165, 1.54) is 0 Å². The number of aromatic nitrogens is 1. The van der Waals surface area contributed by atoms with Crippen molar-refractivity contribution in [1.29, 1.82) is 0 Å². The van der Waals surface area contributed by atoms with Crippen LogP contribution in [0.5, 0.6) is 17.4 Å². The Labute approximate surface area is 177 Å². The third-order valence-corrected chi connectivity index (χ3v) is 3.50. The summed E-state index contributed by atoms with van der Waals surface area (Å²) in [5, 5.41) is 6.51. The summed E-state index contributed by atoms with van der Waals surface area (Å²) in [4.78, 5) is 8.71. The number of methoxy groups -OCH3 is 2. The van der Waals surface area contributed by atoms with Crippen molar-refractivity contribution in [2.45, 2.75) is 20.4 Å². The van der Waals surface area contributed by atoms with Gasteiger partial charge in [-0.15, -0.1) is 24.0 Å². The molecule has 0 amide bonds. The van der Waals surface area contributed by atoms with Gasteiger partial charge in [-0.05, 0) is 37.6 Å². The van der Waals surface area contributed by atoms with Gasteiger partial charge in [-0.1, -0.05) is 0 Å². The summed E-state index contributed by atoms with van der Waals surface area (Å²) in [6.07, 6.45) is 1.71. The summed E-state index contributed by atoms with van der Waals surface area (Å²) in [6, 6.07) is 9.47. The van der Waals surface area contributed by atoms with Crippen LogP contribution in [-0.2, 0) is 6.54 Å². The first-order chi connectivity index (χ1) is 12.7. The fourth-order valence-electron chi connectivity index (χ4n) is 2.29. The number of nitrogens with one attached hydrogen (secondary N) is 2. The van der Waals surface area contributed by atoms with Gasteiger partial charge in [0, 0.05) is 30.6 Å². The van der Waals surface area contributed by atoms with Crippen LogP contribution in [0.1, 0.15) is 19.4 Å². The molecular weight excluding hydrogens is 459 g/mol.